The molecule has 4 aromatic rings. The molecule has 1 saturated heterocycles. The minimum Gasteiger partial charge on any atom is -0.361 e. The molecule has 1 amide bonds. The van der Waals surface area contributed by atoms with Gasteiger partial charge in [0.1, 0.15) is 5.69 Å². The summed E-state index contributed by atoms with van der Waals surface area (Å²) in [7, 11) is 0. The molecule has 1 fully saturated rings. The second-order valence-corrected chi connectivity index (χ2v) is 10.1. The molecule has 0 radical (unpaired) electrons. The number of hydrogen-bond donors (Lipinski definition) is 1. The number of H-pyrrole nitrogens is 1. The highest BCUT2D eigenvalue weighted by Gasteiger charge is 2.39. The highest BCUT2D eigenvalue weighted by Crippen LogP contribution is 2.37. The maximum Gasteiger partial charge on any atom is 0.416 e. The van der Waals surface area contributed by atoms with E-state index in [0.717, 1.165) is 16.5 Å². The fourth-order valence-corrected chi connectivity index (χ4v) is 5.16. The van der Waals surface area contributed by atoms with E-state index in [1.54, 1.807) is 18.3 Å². The van der Waals surface area contributed by atoms with Crippen molar-refractivity contribution in [3.05, 3.63) is 101 Å². The Kier molecular flexibility index (Phi) is 11.4. The van der Waals surface area contributed by atoms with Gasteiger partial charge in [-0.3, -0.25) is 9.69 Å². The van der Waals surface area contributed by atoms with E-state index in [9.17, 15) is 31.1 Å². The topological polar surface area (TPSA) is 52.2 Å². The van der Waals surface area contributed by atoms with Crippen molar-refractivity contribution in [1.82, 2.24) is 19.8 Å². The van der Waals surface area contributed by atoms with Crippen molar-refractivity contribution in [3.63, 3.8) is 0 Å². The fraction of sp³-hybridized carbons (Fsp3) is 0.290. The predicted molar refractivity (Wildman–Crippen MR) is 160 cm³/mol. The minimum absolute atomic E-state index is 0. The van der Waals surface area contributed by atoms with Crippen molar-refractivity contribution in [3.8, 4) is 11.8 Å². The average Bonchev–Trinajstić information content (AvgIpc) is 3.38. The van der Waals surface area contributed by atoms with Crippen LogP contribution in [0.3, 0.4) is 0 Å². The largest absolute Gasteiger partial charge is 0.416 e. The zero-order chi connectivity index (χ0) is 29.9. The van der Waals surface area contributed by atoms with E-state index in [1.807, 2.05) is 41.4 Å². The van der Waals surface area contributed by atoms with Crippen LogP contribution in [0.4, 0.5) is 26.3 Å². The summed E-state index contributed by atoms with van der Waals surface area (Å²) >= 11 is 0. The summed E-state index contributed by atoms with van der Waals surface area (Å²) in [5.41, 5.74) is -1.12. The van der Waals surface area contributed by atoms with Gasteiger partial charge in [-0.05, 0) is 60.7 Å². The molecule has 3 heterocycles. The molecule has 1 aliphatic heterocycles. The lowest BCUT2D eigenvalue weighted by molar-refractivity contribution is -0.143. The second kappa shape index (κ2) is 14.4. The van der Waals surface area contributed by atoms with Crippen LogP contribution in [0.2, 0.25) is 0 Å². The van der Waals surface area contributed by atoms with Crippen LogP contribution in [-0.4, -0.2) is 57.9 Å². The van der Waals surface area contributed by atoms with E-state index in [-0.39, 0.29) is 37.4 Å². The number of aromatic nitrogens is 2. The normalized spacial score (nSPS) is 15.6. The highest BCUT2D eigenvalue weighted by molar-refractivity contribution is 5.95. The maximum atomic E-state index is 13.6. The van der Waals surface area contributed by atoms with E-state index >= 15 is 0 Å². The molecule has 1 N–H and O–H groups in total. The number of hydrogen-bond acceptors (Lipinski definition) is 3. The number of fused-ring (bicyclic) bond motifs is 1. The van der Waals surface area contributed by atoms with Crippen LogP contribution >= 0.6 is 24.8 Å². The molecule has 0 unspecified atom stereocenters. The summed E-state index contributed by atoms with van der Waals surface area (Å²) < 4.78 is 81.0. The maximum absolute atomic E-state index is 13.6. The number of benzene rings is 2. The molecule has 5 rings (SSSR count). The smallest absolute Gasteiger partial charge is 0.361 e. The van der Waals surface area contributed by atoms with Crippen LogP contribution in [0.5, 0.6) is 0 Å². The summed E-state index contributed by atoms with van der Waals surface area (Å²) in [5.74, 6) is 5.18. The molecule has 1 aliphatic rings. The lowest BCUT2D eigenvalue weighted by atomic mass is 9.99. The summed E-state index contributed by atoms with van der Waals surface area (Å²) in [4.78, 5) is 24.4. The summed E-state index contributed by atoms with van der Waals surface area (Å²) in [6, 6.07) is 13.6. The molecule has 0 saturated carbocycles. The summed E-state index contributed by atoms with van der Waals surface area (Å²) in [5, 5.41) is 1.01. The monoisotopic (exact) mass is 656 g/mol. The molecule has 13 heteroatoms. The van der Waals surface area contributed by atoms with E-state index in [2.05, 4.69) is 21.8 Å². The van der Waals surface area contributed by atoms with E-state index in [4.69, 9.17) is 0 Å². The van der Waals surface area contributed by atoms with E-state index < -0.39 is 41.0 Å². The van der Waals surface area contributed by atoms with Crippen molar-refractivity contribution in [2.75, 3.05) is 26.2 Å². The number of amides is 1. The zero-order valence-corrected chi connectivity index (χ0v) is 24.7. The molecule has 0 bridgehead atoms. The number of piperazine rings is 1. The van der Waals surface area contributed by atoms with Gasteiger partial charge in [0.05, 0.1) is 17.7 Å². The first-order chi connectivity index (χ1) is 20.0. The Morgan fingerprint density at radius 2 is 1.61 bits per heavy atom. The molecular formula is C31H28Cl2F6N4O. The van der Waals surface area contributed by atoms with E-state index in [1.165, 1.54) is 4.90 Å². The van der Waals surface area contributed by atoms with Crippen molar-refractivity contribution in [2.24, 2.45) is 0 Å². The van der Waals surface area contributed by atoms with Gasteiger partial charge < -0.3 is 9.88 Å². The second-order valence-electron chi connectivity index (χ2n) is 10.1. The first kappa shape index (κ1) is 34.8. The van der Waals surface area contributed by atoms with Gasteiger partial charge in [-0.15, -0.1) is 24.8 Å². The number of carbonyl (C=O) groups excluding carboxylic acids is 1. The molecule has 5 nitrogen and oxygen atoms in total. The van der Waals surface area contributed by atoms with Crippen molar-refractivity contribution < 1.29 is 31.1 Å². The number of aromatic amines is 1. The van der Waals surface area contributed by atoms with Crippen LogP contribution in [0, 0.1) is 11.8 Å². The number of aryl methyl sites for hydroxylation is 1. The Hall–Kier alpha value is -3.72. The number of alkyl halides is 6. The van der Waals surface area contributed by atoms with Crippen molar-refractivity contribution in [2.45, 2.75) is 31.2 Å². The van der Waals surface area contributed by atoms with Crippen molar-refractivity contribution in [1.29, 1.82) is 0 Å². The Balaban J connectivity index is 0.00000264. The average molecular weight is 657 g/mol. The molecule has 0 aliphatic carbocycles. The van der Waals surface area contributed by atoms with Gasteiger partial charge in [-0.25, -0.2) is 4.98 Å². The summed E-state index contributed by atoms with van der Waals surface area (Å²) in [6.07, 6.45) is -5.59. The number of halogens is 8. The molecular weight excluding hydrogens is 629 g/mol. The number of carbonyl (C=O) groups is 1. The van der Waals surface area contributed by atoms with Gasteiger partial charge in [0, 0.05) is 54.5 Å². The fourth-order valence-electron chi connectivity index (χ4n) is 5.16. The molecule has 0 spiro atoms. The lowest BCUT2D eigenvalue weighted by Gasteiger charge is -2.41. The summed E-state index contributed by atoms with van der Waals surface area (Å²) in [6.45, 7) is 1.21. The van der Waals surface area contributed by atoms with Gasteiger partial charge >= 0.3 is 12.4 Å². The van der Waals surface area contributed by atoms with Gasteiger partial charge in [0.15, 0.2) is 0 Å². The Morgan fingerprint density at radius 3 is 2.27 bits per heavy atom. The van der Waals surface area contributed by atoms with Crippen molar-refractivity contribution >= 4 is 41.6 Å². The first-order valence-corrected chi connectivity index (χ1v) is 13.3. The number of rotatable bonds is 5. The number of para-hydroxylation sites is 1. The minimum atomic E-state index is -5.05. The number of nitrogens with one attached hydrogen (secondary N) is 1. The molecule has 44 heavy (non-hydrogen) atoms. The molecule has 234 valence electrons. The number of pyridine rings is 1. The molecule has 2 aromatic carbocycles. The van der Waals surface area contributed by atoms with Crippen LogP contribution < -0.4 is 0 Å². The van der Waals surface area contributed by atoms with Crippen LogP contribution in [0.25, 0.3) is 10.9 Å². The van der Waals surface area contributed by atoms with Gasteiger partial charge in [0.25, 0.3) is 5.91 Å². The predicted octanol–water partition coefficient (Wildman–Crippen LogP) is 7.26. The number of nitrogens with zero attached hydrogens (tertiary/aromatic N) is 3. The highest BCUT2D eigenvalue weighted by atomic mass is 35.5. The quantitative estimate of drug-likeness (QED) is 0.182. The van der Waals surface area contributed by atoms with Crippen LogP contribution in [-0.2, 0) is 18.8 Å². The van der Waals surface area contributed by atoms with Gasteiger partial charge in [-0.1, -0.05) is 30.2 Å². The third-order valence-electron chi connectivity index (χ3n) is 7.27. The van der Waals surface area contributed by atoms with Gasteiger partial charge in [0.2, 0.25) is 0 Å². The SMILES string of the molecule is Cl.Cl.O=C(c1cc(C(F)(F)F)cc(C(F)(F)F)c1)N1CCN(CC#Cc2ccccn2)C[C@H]1CCc1c[nH]c2ccccc12. The van der Waals surface area contributed by atoms with E-state index in [0.29, 0.717) is 50.3 Å². The third kappa shape index (κ3) is 8.25. The Labute approximate surface area is 262 Å². The zero-order valence-electron chi connectivity index (χ0n) is 23.1. The Morgan fingerprint density at radius 1 is 0.932 bits per heavy atom. The molecule has 2 aromatic heterocycles. The lowest BCUT2D eigenvalue weighted by Crippen LogP contribution is -2.55. The first-order valence-electron chi connectivity index (χ1n) is 13.3. The van der Waals surface area contributed by atoms with Crippen LogP contribution in [0.15, 0.2) is 73.1 Å². The molecule has 1 atom stereocenters. The van der Waals surface area contributed by atoms with Crippen LogP contribution in [0.1, 0.15) is 39.2 Å². The third-order valence-corrected chi connectivity index (χ3v) is 7.27. The Bertz CT molecular complexity index is 1600. The standard InChI is InChI=1S/C31H26F6N4O.2ClH/c32-30(33,34)23-16-22(17-24(18-23)31(35,36)37)29(42)41-15-14-40(13-5-7-25-6-3-4-12-38-25)20-26(41)11-10-21-19-39-28-9-2-1-8-27(21)28;;/h1-4,6,8-9,12,16-19,26,39H,10-11,13-15,20H2;2*1H/t26-;;/m1../s1. The van der Waals surface area contributed by atoms with Gasteiger partial charge in [-0.2, -0.15) is 26.3 Å².